The maximum atomic E-state index is 12.4. The summed E-state index contributed by atoms with van der Waals surface area (Å²) in [5.74, 6) is 1.40. The van der Waals surface area contributed by atoms with Crippen LogP contribution in [0, 0.1) is 0 Å². The molecular formula is C25H23N5O4S. The molecule has 0 atom stereocenters. The van der Waals surface area contributed by atoms with Gasteiger partial charge in [-0.3, -0.25) is 9.36 Å². The molecular weight excluding hydrogens is 466 g/mol. The fourth-order valence-electron chi connectivity index (χ4n) is 3.24. The number of hydrogen-bond acceptors (Lipinski definition) is 8. The van der Waals surface area contributed by atoms with E-state index < -0.39 is 0 Å². The molecule has 0 fully saturated rings. The summed E-state index contributed by atoms with van der Waals surface area (Å²) in [5, 5.41) is 23.3. The van der Waals surface area contributed by atoms with Crippen LogP contribution >= 0.6 is 11.8 Å². The number of rotatable bonds is 9. The molecule has 1 amide bonds. The monoisotopic (exact) mass is 489 g/mol. The van der Waals surface area contributed by atoms with Crippen LogP contribution in [0.1, 0.15) is 5.56 Å². The van der Waals surface area contributed by atoms with Gasteiger partial charge in [-0.2, -0.15) is 5.10 Å². The summed E-state index contributed by atoms with van der Waals surface area (Å²) in [5.41, 5.74) is 4.62. The molecule has 2 N–H and O–H groups in total. The number of aromatic nitrogens is 3. The van der Waals surface area contributed by atoms with E-state index >= 15 is 0 Å². The predicted molar refractivity (Wildman–Crippen MR) is 134 cm³/mol. The molecule has 0 bridgehead atoms. The first-order chi connectivity index (χ1) is 17.1. The van der Waals surface area contributed by atoms with E-state index in [1.807, 2.05) is 59.2 Å². The number of nitrogens with one attached hydrogen (secondary N) is 1. The molecule has 1 heterocycles. The molecule has 10 heteroatoms. The molecule has 0 spiro atoms. The molecule has 0 saturated heterocycles. The minimum Gasteiger partial charge on any atom is -0.504 e. The lowest BCUT2D eigenvalue weighted by atomic mass is 10.2. The Balaban J connectivity index is 1.49. The number of nitrogens with zero attached hydrogens (tertiary/aromatic N) is 4. The highest BCUT2D eigenvalue weighted by Gasteiger charge is 2.17. The Kier molecular flexibility index (Phi) is 7.63. The quantitative estimate of drug-likeness (QED) is 0.208. The summed E-state index contributed by atoms with van der Waals surface area (Å²) < 4.78 is 12.2. The normalized spacial score (nSPS) is 10.9. The van der Waals surface area contributed by atoms with Crippen molar-refractivity contribution in [1.29, 1.82) is 0 Å². The van der Waals surface area contributed by atoms with E-state index in [0.717, 1.165) is 17.0 Å². The van der Waals surface area contributed by atoms with Gasteiger partial charge in [0.2, 0.25) is 0 Å². The zero-order valence-electron chi connectivity index (χ0n) is 19.1. The fourth-order valence-corrected chi connectivity index (χ4v) is 3.99. The Morgan fingerprint density at radius 3 is 2.51 bits per heavy atom. The van der Waals surface area contributed by atoms with E-state index in [1.165, 1.54) is 25.1 Å². The summed E-state index contributed by atoms with van der Waals surface area (Å²) in [7, 11) is 3.08. The number of carbonyl (C=O) groups is 1. The molecule has 9 nitrogen and oxygen atoms in total. The predicted octanol–water partition coefficient (Wildman–Crippen LogP) is 3.90. The lowest BCUT2D eigenvalue weighted by Gasteiger charge is -2.10. The van der Waals surface area contributed by atoms with Gasteiger partial charge >= 0.3 is 0 Å². The van der Waals surface area contributed by atoms with Crippen LogP contribution in [0.4, 0.5) is 0 Å². The summed E-state index contributed by atoms with van der Waals surface area (Å²) in [6.45, 7) is 0. The molecule has 35 heavy (non-hydrogen) atoms. The summed E-state index contributed by atoms with van der Waals surface area (Å²) in [6.07, 6.45) is 1.36. The second-order valence-corrected chi connectivity index (χ2v) is 8.13. The van der Waals surface area contributed by atoms with E-state index in [1.54, 1.807) is 25.3 Å². The minimum atomic E-state index is -0.331. The number of thioether (sulfide) groups is 1. The van der Waals surface area contributed by atoms with Crippen molar-refractivity contribution in [3.05, 3.63) is 78.4 Å². The van der Waals surface area contributed by atoms with Crippen molar-refractivity contribution in [3.63, 3.8) is 0 Å². The van der Waals surface area contributed by atoms with Crippen LogP contribution in [0.3, 0.4) is 0 Å². The van der Waals surface area contributed by atoms with Gasteiger partial charge < -0.3 is 14.6 Å². The van der Waals surface area contributed by atoms with Crippen molar-refractivity contribution < 1.29 is 19.4 Å². The number of ether oxygens (including phenoxy) is 2. The number of carbonyl (C=O) groups excluding carboxylic acids is 1. The Bertz CT molecular complexity index is 1320. The van der Waals surface area contributed by atoms with Gasteiger partial charge in [0.15, 0.2) is 22.5 Å². The van der Waals surface area contributed by atoms with Gasteiger partial charge in [-0.05, 0) is 48.5 Å². The van der Waals surface area contributed by atoms with E-state index in [-0.39, 0.29) is 17.4 Å². The Hall–Kier alpha value is -4.31. The van der Waals surface area contributed by atoms with Crippen LogP contribution in [0.5, 0.6) is 17.2 Å². The third kappa shape index (κ3) is 5.61. The highest BCUT2D eigenvalue weighted by molar-refractivity contribution is 7.99. The number of aromatic hydroxyl groups is 1. The Morgan fingerprint density at radius 2 is 1.80 bits per heavy atom. The number of phenols is 1. The Labute approximate surface area is 206 Å². The number of methoxy groups -OCH3 is 2. The molecule has 0 unspecified atom stereocenters. The average Bonchev–Trinajstić information content (AvgIpc) is 3.33. The van der Waals surface area contributed by atoms with Crippen LogP contribution < -0.4 is 14.9 Å². The van der Waals surface area contributed by atoms with Gasteiger partial charge in [0.25, 0.3) is 5.91 Å². The zero-order valence-corrected chi connectivity index (χ0v) is 19.9. The van der Waals surface area contributed by atoms with Crippen LogP contribution in [-0.4, -0.2) is 52.0 Å². The summed E-state index contributed by atoms with van der Waals surface area (Å²) >= 11 is 1.24. The van der Waals surface area contributed by atoms with Gasteiger partial charge in [-0.25, -0.2) is 5.43 Å². The van der Waals surface area contributed by atoms with Crippen molar-refractivity contribution in [2.75, 3.05) is 20.0 Å². The number of amides is 1. The van der Waals surface area contributed by atoms with E-state index in [4.69, 9.17) is 9.47 Å². The SMILES string of the molecule is COc1ccc(-c2nnc(SCC(=O)NN=Cc3cccc(OC)c3O)n2-c2ccccc2)cc1. The molecule has 178 valence electrons. The average molecular weight is 490 g/mol. The fraction of sp³-hybridized carbons (Fsp3) is 0.120. The van der Waals surface area contributed by atoms with Gasteiger partial charge in [-0.1, -0.05) is 36.0 Å². The van der Waals surface area contributed by atoms with E-state index in [0.29, 0.717) is 22.3 Å². The van der Waals surface area contributed by atoms with E-state index in [2.05, 4.69) is 20.7 Å². The molecule has 4 rings (SSSR count). The molecule has 0 aliphatic rings. The maximum absolute atomic E-state index is 12.4. The Morgan fingerprint density at radius 1 is 1.03 bits per heavy atom. The van der Waals surface area contributed by atoms with Gasteiger partial charge in [0.1, 0.15) is 5.75 Å². The summed E-state index contributed by atoms with van der Waals surface area (Å²) in [6, 6.07) is 22.2. The first kappa shape index (κ1) is 23.8. The maximum Gasteiger partial charge on any atom is 0.250 e. The molecule has 4 aromatic rings. The van der Waals surface area contributed by atoms with Gasteiger partial charge in [0.05, 0.1) is 26.2 Å². The van der Waals surface area contributed by atoms with Crippen LogP contribution in [-0.2, 0) is 4.79 Å². The minimum absolute atomic E-state index is 0.0515. The van der Waals surface area contributed by atoms with Crippen LogP contribution in [0.15, 0.2) is 83.1 Å². The number of para-hydroxylation sites is 2. The zero-order chi connectivity index (χ0) is 24.6. The molecule has 0 aliphatic heterocycles. The van der Waals surface area contributed by atoms with Crippen molar-refractivity contribution in [1.82, 2.24) is 20.2 Å². The molecule has 1 aromatic heterocycles. The third-order valence-electron chi connectivity index (χ3n) is 4.97. The molecule has 0 aliphatic carbocycles. The largest absolute Gasteiger partial charge is 0.504 e. The molecule has 3 aromatic carbocycles. The highest BCUT2D eigenvalue weighted by atomic mass is 32.2. The van der Waals surface area contributed by atoms with Gasteiger partial charge in [-0.15, -0.1) is 10.2 Å². The number of benzene rings is 3. The number of hydrogen-bond donors (Lipinski definition) is 2. The van der Waals surface area contributed by atoms with Crippen molar-refractivity contribution >= 4 is 23.9 Å². The lowest BCUT2D eigenvalue weighted by Crippen LogP contribution is -2.20. The highest BCUT2D eigenvalue weighted by Crippen LogP contribution is 2.29. The third-order valence-corrected chi connectivity index (χ3v) is 5.90. The molecule has 0 saturated carbocycles. The van der Waals surface area contributed by atoms with Gasteiger partial charge in [0, 0.05) is 16.8 Å². The number of phenolic OH excluding ortho intramolecular Hbond substituents is 1. The smallest absolute Gasteiger partial charge is 0.250 e. The van der Waals surface area contributed by atoms with Crippen LogP contribution in [0.2, 0.25) is 0 Å². The standard InChI is InChI=1S/C25H23N5O4S/c1-33-20-13-11-17(12-14-20)24-28-29-25(30(24)19-8-4-3-5-9-19)35-16-22(31)27-26-15-18-7-6-10-21(34-2)23(18)32/h3-15,32H,16H2,1-2H3,(H,27,31). The van der Waals surface area contributed by atoms with Crippen molar-refractivity contribution in [3.8, 4) is 34.3 Å². The first-order valence-corrected chi connectivity index (χ1v) is 11.5. The van der Waals surface area contributed by atoms with Crippen molar-refractivity contribution in [2.45, 2.75) is 5.16 Å². The second kappa shape index (κ2) is 11.2. The lowest BCUT2D eigenvalue weighted by molar-refractivity contribution is -0.118. The summed E-state index contributed by atoms with van der Waals surface area (Å²) in [4.78, 5) is 12.4. The first-order valence-electron chi connectivity index (χ1n) is 10.6. The topological polar surface area (TPSA) is 111 Å². The molecule has 0 radical (unpaired) electrons. The van der Waals surface area contributed by atoms with E-state index in [9.17, 15) is 9.90 Å². The van der Waals surface area contributed by atoms with Crippen LogP contribution in [0.25, 0.3) is 17.1 Å². The second-order valence-electron chi connectivity index (χ2n) is 7.19. The number of hydrazone groups is 1. The van der Waals surface area contributed by atoms with Crippen molar-refractivity contribution in [2.24, 2.45) is 5.10 Å².